The Bertz CT molecular complexity index is 340. The Kier molecular flexibility index (Phi) is 4.76. The van der Waals surface area contributed by atoms with Crippen molar-refractivity contribution in [2.45, 2.75) is 45.6 Å². The van der Waals surface area contributed by atoms with Crippen molar-refractivity contribution in [3.8, 4) is 0 Å². The number of nitrogen functional groups attached to an aromatic ring is 1. The maximum atomic E-state index is 6.10. The van der Waals surface area contributed by atoms with Crippen LogP contribution in [0.4, 0.5) is 5.69 Å². The van der Waals surface area contributed by atoms with Gasteiger partial charge in [0.25, 0.3) is 0 Å². The standard InChI is InChI=1S/C13H23N2P/c1-9(2)16(10(3)4)13-7-11(8-14)5-6-12(13)15/h5-7,9-10H,8,14-15H2,1-4H3. The molecule has 0 unspecified atom stereocenters. The molecule has 0 heterocycles. The van der Waals surface area contributed by atoms with E-state index < -0.39 is 0 Å². The van der Waals surface area contributed by atoms with Crippen molar-refractivity contribution in [3.63, 3.8) is 0 Å². The second kappa shape index (κ2) is 5.65. The van der Waals surface area contributed by atoms with E-state index in [1.807, 2.05) is 12.1 Å². The largest absolute Gasteiger partial charge is 0.398 e. The van der Waals surface area contributed by atoms with Crippen molar-refractivity contribution in [2.75, 3.05) is 5.73 Å². The molecule has 1 aromatic rings. The van der Waals surface area contributed by atoms with Crippen molar-refractivity contribution in [1.82, 2.24) is 0 Å². The lowest BCUT2D eigenvalue weighted by Gasteiger charge is -2.27. The maximum Gasteiger partial charge on any atom is 0.0392 e. The average Bonchev–Trinajstić information content (AvgIpc) is 2.20. The van der Waals surface area contributed by atoms with Crippen LogP contribution < -0.4 is 16.8 Å². The van der Waals surface area contributed by atoms with Gasteiger partial charge in [0.15, 0.2) is 0 Å². The Balaban J connectivity index is 3.17. The molecule has 0 spiro atoms. The van der Waals surface area contributed by atoms with E-state index in [-0.39, 0.29) is 7.92 Å². The molecule has 3 heteroatoms. The zero-order chi connectivity index (χ0) is 12.3. The fraction of sp³-hybridized carbons (Fsp3) is 0.538. The zero-order valence-corrected chi connectivity index (χ0v) is 11.6. The van der Waals surface area contributed by atoms with E-state index in [4.69, 9.17) is 11.5 Å². The highest BCUT2D eigenvalue weighted by Crippen LogP contribution is 2.46. The van der Waals surface area contributed by atoms with Gasteiger partial charge in [-0.25, -0.2) is 0 Å². The highest BCUT2D eigenvalue weighted by atomic mass is 31.1. The summed E-state index contributed by atoms with van der Waals surface area (Å²) in [4.78, 5) is 0. The van der Waals surface area contributed by atoms with Crippen LogP contribution in [0.25, 0.3) is 0 Å². The molecule has 0 aromatic heterocycles. The highest BCUT2D eigenvalue weighted by Gasteiger charge is 2.21. The number of anilines is 1. The summed E-state index contributed by atoms with van der Waals surface area (Å²) < 4.78 is 0. The molecule has 0 atom stereocenters. The van der Waals surface area contributed by atoms with Crippen LogP contribution in [0.2, 0.25) is 0 Å². The van der Waals surface area contributed by atoms with Crippen molar-refractivity contribution < 1.29 is 0 Å². The van der Waals surface area contributed by atoms with Gasteiger partial charge < -0.3 is 11.5 Å². The summed E-state index contributed by atoms with van der Waals surface area (Å²) >= 11 is 0. The van der Waals surface area contributed by atoms with Crippen LogP contribution in [0, 0.1) is 0 Å². The molecule has 1 aromatic carbocycles. The van der Waals surface area contributed by atoms with Crippen LogP contribution in [0.5, 0.6) is 0 Å². The summed E-state index contributed by atoms with van der Waals surface area (Å²) in [6.45, 7) is 9.70. The number of rotatable bonds is 4. The van der Waals surface area contributed by atoms with Gasteiger partial charge in [-0.05, 0) is 34.3 Å². The van der Waals surface area contributed by atoms with Gasteiger partial charge in [0.2, 0.25) is 0 Å². The molecule has 1 rings (SSSR count). The molecule has 0 aliphatic rings. The smallest absolute Gasteiger partial charge is 0.0392 e. The molecular formula is C13H23N2P. The van der Waals surface area contributed by atoms with Crippen molar-refractivity contribution in [2.24, 2.45) is 5.73 Å². The summed E-state index contributed by atoms with van der Waals surface area (Å²) in [6.07, 6.45) is 0. The predicted octanol–water partition coefficient (Wildman–Crippen LogP) is 2.65. The summed E-state index contributed by atoms with van der Waals surface area (Å²) in [7, 11) is -0.197. The summed E-state index contributed by atoms with van der Waals surface area (Å²) in [5, 5.41) is 1.32. The molecule has 4 N–H and O–H groups in total. The first kappa shape index (κ1) is 13.5. The lowest BCUT2D eigenvalue weighted by molar-refractivity contribution is 1.02. The van der Waals surface area contributed by atoms with Crippen molar-refractivity contribution in [1.29, 1.82) is 0 Å². The van der Waals surface area contributed by atoms with Crippen molar-refractivity contribution >= 4 is 18.9 Å². The Morgan fingerprint density at radius 3 is 2.12 bits per heavy atom. The Morgan fingerprint density at radius 1 is 1.12 bits per heavy atom. The summed E-state index contributed by atoms with van der Waals surface area (Å²) in [5.41, 5.74) is 15.2. The van der Waals surface area contributed by atoms with Gasteiger partial charge in [0.05, 0.1) is 0 Å². The van der Waals surface area contributed by atoms with Crippen LogP contribution in [0.15, 0.2) is 18.2 Å². The minimum Gasteiger partial charge on any atom is -0.398 e. The third-order valence-corrected chi connectivity index (χ3v) is 5.89. The number of nitrogens with two attached hydrogens (primary N) is 2. The van der Waals surface area contributed by atoms with Gasteiger partial charge in [-0.1, -0.05) is 41.7 Å². The van der Waals surface area contributed by atoms with E-state index in [0.717, 1.165) is 5.69 Å². The molecule has 90 valence electrons. The van der Waals surface area contributed by atoms with Crippen LogP contribution in [0.3, 0.4) is 0 Å². The predicted molar refractivity (Wildman–Crippen MR) is 75.6 cm³/mol. The number of hydrogen-bond donors (Lipinski definition) is 2. The van der Waals surface area contributed by atoms with E-state index >= 15 is 0 Å². The van der Waals surface area contributed by atoms with Gasteiger partial charge in [0, 0.05) is 12.2 Å². The topological polar surface area (TPSA) is 52.0 Å². The maximum absolute atomic E-state index is 6.10. The third kappa shape index (κ3) is 2.96. The number of hydrogen-bond acceptors (Lipinski definition) is 2. The second-order valence-corrected chi connectivity index (χ2v) is 8.05. The summed E-state index contributed by atoms with van der Waals surface area (Å²) in [5.74, 6) is 0. The lowest BCUT2D eigenvalue weighted by atomic mass is 10.2. The molecule has 16 heavy (non-hydrogen) atoms. The van der Waals surface area contributed by atoms with E-state index in [0.29, 0.717) is 17.9 Å². The van der Waals surface area contributed by atoms with Gasteiger partial charge in [-0.2, -0.15) is 0 Å². The fourth-order valence-corrected chi connectivity index (χ4v) is 5.09. The quantitative estimate of drug-likeness (QED) is 0.626. The zero-order valence-electron chi connectivity index (χ0n) is 10.7. The summed E-state index contributed by atoms with van der Waals surface area (Å²) in [6, 6.07) is 6.21. The molecule has 0 saturated heterocycles. The van der Waals surface area contributed by atoms with E-state index in [1.54, 1.807) is 0 Å². The minimum atomic E-state index is -0.197. The van der Waals surface area contributed by atoms with E-state index in [2.05, 4.69) is 33.8 Å². The average molecular weight is 238 g/mol. The van der Waals surface area contributed by atoms with Crippen LogP contribution in [-0.2, 0) is 6.54 Å². The molecule has 0 amide bonds. The highest BCUT2D eigenvalue weighted by molar-refractivity contribution is 7.67. The lowest BCUT2D eigenvalue weighted by Crippen LogP contribution is -2.19. The SMILES string of the molecule is CC(C)P(c1cc(CN)ccc1N)C(C)C. The Hall–Kier alpha value is -0.590. The van der Waals surface area contributed by atoms with Gasteiger partial charge in [0.1, 0.15) is 0 Å². The Labute approximate surface area is 100 Å². The molecule has 0 radical (unpaired) electrons. The minimum absolute atomic E-state index is 0.197. The van der Waals surface area contributed by atoms with Gasteiger partial charge in [-0.3, -0.25) is 0 Å². The monoisotopic (exact) mass is 238 g/mol. The van der Waals surface area contributed by atoms with Gasteiger partial charge >= 0.3 is 0 Å². The molecule has 0 aliphatic heterocycles. The van der Waals surface area contributed by atoms with Crippen LogP contribution >= 0.6 is 7.92 Å². The second-order valence-electron chi connectivity index (χ2n) is 4.69. The van der Waals surface area contributed by atoms with E-state index in [1.165, 1.54) is 10.9 Å². The molecule has 2 nitrogen and oxygen atoms in total. The first-order chi connectivity index (χ1) is 7.47. The normalized spacial score (nSPS) is 11.8. The van der Waals surface area contributed by atoms with Crippen molar-refractivity contribution in [3.05, 3.63) is 23.8 Å². The fourth-order valence-electron chi connectivity index (χ4n) is 2.09. The van der Waals surface area contributed by atoms with E-state index in [9.17, 15) is 0 Å². The van der Waals surface area contributed by atoms with Crippen LogP contribution in [0.1, 0.15) is 33.3 Å². The number of benzene rings is 1. The van der Waals surface area contributed by atoms with Crippen LogP contribution in [-0.4, -0.2) is 11.3 Å². The molecule has 0 saturated carbocycles. The molecular weight excluding hydrogens is 215 g/mol. The third-order valence-electron chi connectivity index (χ3n) is 2.72. The first-order valence-electron chi connectivity index (χ1n) is 5.84. The molecule has 0 fully saturated rings. The molecule has 0 aliphatic carbocycles. The van der Waals surface area contributed by atoms with Gasteiger partial charge in [-0.15, -0.1) is 0 Å². The first-order valence-corrected chi connectivity index (χ1v) is 7.32. The Morgan fingerprint density at radius 2 is 1.69 bits per heavy atom. The molecule has 0 bridgehead atoms.